The fourth-order valence-corrected chi connectivity index (χ4v) is 3.90. The van der Waals surface area contributed by atoms with Gasteiger partial charge in [-0.25, -0.2) is 0 Å². The molecule has 0 unspecified atom stereocenters. The van der Waals surface area contributed by atoms with E-state index in [2.05, 4.69) is 47.3 Å². The first-order valence-corrected chi connectivity index (χ1v) is 11.6. The molecule has 0 spiro atoms. The Bertz CT molecular complexity index is 142. The molecule has 0 aliphatic rings. The molecule has 0 aromatic heterocycles. The maximum Gasteiger partial charge on any atom is 0.214 e. The van der Waals surface area contributed by atoms with Crippen molar-refractivity contribution in [2.24, 2.45) is 0 Å². The van der Waals surface area contributed by atoms with E-state index < -0.39 is 21.2 Å². The zero-order valence-electron chi connectivity index (χ0n) is 8.08. The fourth-order valence-electron chi connectivity index (χ4n) is 0.433. The predicted octanol–water partition coefficient (Wildman–Crippen LogP) is 2.74. The molecule has 0 N–H and O–H groups in total. The van der Waals surface area contributed by atoms with Crippen LogP contribution in [0.25, 0.3) is 0 Å². The molecule has 58 valence electrons. The van der Waals surface area contributed by atoms with Crippen LogP contribution >= 0.6 is 0 Å². The molecule has 0 aromatic carbocycles. The molecule has 0 amide bonds. The van der Waals surface area contributed by atoms with Crippen LogP contribution in [0.5, 0.6) is 0 Å². The van der Waals surface area contributed by atoms with E-state index in [-0.39, 0.29) is 0 Å². The van der Waals surface area contributed by atoms with Crippen LogP contribution in [0.2, 0.25) is 37.0 Å². The van der Waals surface area contributed by atoms with Crippen molar-refractivity contribution < 1.29 is 0 Å². The van der Waals surface area contributed by atoms with E-state index in [1.807, 2.05) is 0 Å². The monoisotopic (exact) mass is 169 g/mol. The third kappa shape index (κ3) is 8.31. The Morgan fingerprint density at radius 3 is 1.50 bits per heavy atom. The van der Waals surface area contributed by atoms with Gasteiger partial charge in [-0.1, -0.05) is 19.6 Å². The van der Waals surface area contributed by atoms with Crippen LogP contribution in [-0.4, -0.2) is 21.2 Å². The summed E-state index contributed by atoms with van der Waals surface area (Å²) in [5.74, 6) is 6.96. The summed E-state index contributed by atoms with van der Waals surface area (Å²) in [4.78, 5) is 3.44. The molecule has 0 atom stereocenters. The minimum atomic E-state index is -1.35. The quantitative estimate of drug-likeness (QED) is 0.386. The average molecular weight is 169 g/mol. The maximum atomic E-state index is 3.44. The van der Waals surface area contributed by atoms with Gasteiger partial charge in [0.05, 0.1) is 0 Å². The highest BCUT2D eigenvalue weighted by molar-refractivity contribution is 6.89. The number of hydrogen-bond donors (Lipinski definition) is 0. The summed E-state index contributed by atoms with van der Waals surface area (Å²) in [6.45, 7) is 6.89. The summed E-state index contributed by atoms with van der Waals surface area (Å²) in [6, 6.07) is 0. The minimum Gasteiger partial charge on any atom is -0.360 e. The van der Waals surface area contributed by atoms with Crippen LogP contribution in [0.15, 0.2) is 0 Å². The zero-order chi connectivity index (χ0) is 8.41. The van der Waals surface area contributed by atoms with Gasteiger partial charge in [-0.3, -0.25) is 0 Å². The molecule has 0 saturated heterocycles. The third-order valence-electron chi connectivity index (χ3n) is 0.880. The Labute approximate surface area is 68.7 Å². The fraction of sp³-hybridized carbons (Fsp3) is 0.750. The first-order chi connectivity index (χ1) is 4.21. The van der Waals surface area contributed by atoms with Gasteiger partial charge >= 0.3 is 0 Å². The molecule has 0 aromatic rings. The van der Waals surface area contributed by atoms with Crippen LogP contribution in [-0.2, 0) is 0 Å². The summed E-state index contributed by atoms with van der Waals surface area (Å²) in [5.41, 5.74) is 3.42. The molecule has 0 bridgehead atoms. The van der Waals surface area contributed by atoms with Gasteiger partial charge < -0.3 is 4.78 Å². The van der Waals surface area contributed by atoms with Crippen molar-refractivity contribution in [3.05, 3.63) is 0 Å². The molecule has 0 aliphatic heterocycles. The summed E-state index contributed by atoms with van der Waals surface area (Å²) in [6.07, 6.45) is 0. The summed E-state index contributed by atoms with van der Waals surface area (Å²) in [5, 5.41) is 0. The van der Waals surface area contributed by atoms with Gasteiger partial charge in [0.2, 0.25) is 13.1 Å². The number of hydrogen-bond acceptors (Lipinski definition) is 0. The largest absolute Gasteiger partial charge is 0.360 e. The molecule has 0 saturated carbocycles. The Balaban J connectivity index is 4.19. The van der Waals surface area contributed by atoms with Gasteiger partial charge in [0.1, 0.15) is 8.07 Å². The molecule has 0 radical (unpaired) electrons. The van der Waals surface area contributed by atoms with Gasteiger partial charge in [-0.15, -0.1) is 0 Å². The third-order valence-corrected chi connectivity index (χ3v) is 3.07. The zero-order valence-corrected chi connectivity index (χ0v) is 10.2. The van der Waals surface area contributed by atoms with Gasteiger partial charge in [-0.2, -0.15) is 22.9 Å². The summed E-state index contributed by atoms with van der Waals surface area (Å²) >= 11 is -1.35. The Morgan fingerprint density at radius 2 is 1.40 bits per heavy atom. The Kier molecular flexibility index (Phi) is 3.24. The highest BCUT2D eigenvalue weighted by atomic mass is 28.3. The number of rotatable bonds is 0. The summed E-state index contributed by atoms with van der Waals surface area (Å²) in [7, 11) is -1.09. The molecule has 2 heteroatoms. The Hall–Kier alpha value is 0.309. The first kappa shape index (κ1) is 10.3. The second-order valence-electron chi connectivity index (χ2n) is 5.12. The van der Waals surface area contributed by atoms with Gasteiger partial charge in [0, 0.05) is 0 Å². The van der Waals surface area contributed by atoms with Crippen LogP contribution in [0, 0.1) is 10.3 Å². The van der Waals surface area contributed by atoms with E-state index in [9.17, 15) is 0 Å². The van der Waals surface area contributed by atoms with E-state index in [4.69, 9.17) is 0 Å². The topological polar surface area (TPSA) is 0 Å². The lowest BCUT2D eigenvalue weighted by atomic mass is 11.3. The smallest absolute Gasteiger partial charge is 0.214 e. The van der Waals surface area contributed by atoms with Crippen molar-refractivity contribution in [1.82, 2.24) is 0 Å². The van der Waals surface area contributed by atoms with Crippen molar-refractivity contribution in [3.63, 3.8) is 0 Å². The molecule has 0 aliphatic carbocycles. The lowest BCUT2D eigenvalue weighted by molar-refractivity contribution is 1.79. The van der Waals surface area contributed by atoms with Crippen molar-refractivity contribution >= 4 is 21.2 Å². The second-order valence-corrected chi connectivity index (χ2v) is 15.4. The van der Waals surface area contributed by atoms with Crippen molar-refractivity contribution in [2.45, 2.75) is 37.0 Å². The molecular formula is C8H18AlSi-. The van der Waals surface area contributed by atoms with Gasteiger partial charge in [0.25, 0.3) is 0 Å². The highest BCUT2D eigenvalue weighted by Gasteiger charge is 2.09. The lowest BCUT2D eigenvalue weighted by Gasteiger charge is -2.12. The molecule has 10 heavy (non-hydrogen) atoms. The SMILES string of the molecule is [CH3][Al-]([CH3])([CH3])[C]#C[Si](C)(C)C. The minimum absolute atomic E-state index is 1.09. The standard InChI is InChI=1S/C5H9Si.3CH3.Al/c1-5-6(2,3)4;;;;/h2-4H3;3*1H3;/q;;;;-1. The van der Waals surface area contributed by atoms with Gasteiger partial charge in [-0.05, 0) is 0 Å². The Morgan fingerprint density at radius 1 is 1.00 bits per heavy atom. The first-order valence-electron chi connectivity index (χ1n) is 4.02. The predicted molar refractivity (Wildman–Crippen MR) is 54.5 cm³/mol. The van der Waals surface area contributed by atoms with E-state index in [0.29, 0.717) is 0 Å². The van der Waals surface area contributed by atoms with Crippen LogP contribution in [0.3, 0.4) is 0 Å². The average Bonchev–Trinajstić information content (AvgIpc) is 1.57. The van der Waals surface area contributed by atoms with Crippen LogP contribution in [0.1, 0.15) is 0 Å². The van der Waals surface area contributed by atoms with E-state index in [1.54, 1.807) is 0 Å². The maximum absolute atomic E-state index is 3.44. The molecule has 0 heterocycles. The second kappa shape index (κ2) is 3.14. The van der Waals surface area contributed by atoms with Gasteiger partial charge in [0.15, 0.2) is 0 Å². The van der Waals surface area contributed by atoms with E-state index in [0.717, 1.165) is 0 Å². The van der Waals surface area contributed by atoms with Crippen molar-refractivity contribution in [2.75, 3.05) is 0 Å². The molecule has 0 fully saturated rings. The molecule has 0 nitrogen and oxygen atoms in total. The van der Waals surface area contributed by atoms with E-state index >= 15 is 0 Å². The molecule has 0 rings (SSSR count). The highest BCUT2D eigenvalue weighted by Crippen LogP contribution is 2.01. The molecular weight excluding hydrogens is 151 g/mol. The van der Waals surface area contributed by atoms with Crippen LogP contribution < -0.4 is 0 Å². The normalized spacial score (nSPS) is 12.2. The van der Waals surface area contributed by atoms with Crippen LogP contribution in [0.4, 0.5) is 0 Å². The lowest BCUT2D eigenvalue weighted by Crippen LogP contribution is -2.22. The van der Waals surface area contributed by atoms with E-state index in [1.165, 1.54) is 0 Å². The summed E-state index contributed by atoms with van der Waals surface area (Å²) < 4.78 is 0. The van der Waals surface area contributed by atoms with Crippen molar-refractivity contribution in [1.29, 1.82) is 0 Å². The van der Waals surface area contributed by atoms with Crippen molar-refractivity contribution in [3.8, 4) is 10.3 Å².